The number of aromatic nitrogens is 3. The first-order valence-corrected chi connectivity index (χ1v) is 13.7. The van der Waals surface area contributed by atoms with Crippen molar-refractivity contribution in [3.05, 3.63) is 75.8 Å². The number of pyridine rings is 1. The van der Waals surface area contributed by atoms with Gasteiger partial charge in [0.15, 0.2) is 5.75 Å². The van der Waals surface area contributed by atoms with Crippen molar-refractivity contribution in [3.8, 4) is 22.8 Å². The van der Waals surface area contributed by atoms with Crippen molar-refractivity contribution in [3.63, 3.8) is 0 Å². The summed E-state index contributed by atoms with van der Waals surface area (Å²) in [4.78, 5) is 18.1. The van der Waals surface area contributed by atoms with Gasteiger partial charge in [-0.3, -0.25) is 9.13 Å². The topological polar surface area (TPSA) is 92.4 Å². The molecule has 0 N–H and O–H groups in total. The third kappa shape index (κ3) is 4.75. The molecule has 0 aliphatic rings. The molecular weight excluding hydrogens is 478 g/mol. The lowest BCUT2D eigenvalue weighted by Crippen LogP contribution is -2.31. The van der Waals surface area contributed by atoms with Gasteiger partial charge >= 0.3 is 5.69 Å². The first kappa shape index (κ1) is 25.5. The van der Waals surface area contributed by atoms with Crippen LogP contribution >= 0.6 is 0 Å². The van der Waals surface area contributed by atoms with Crippen LogP contribution in [0.1, 0.15) is 29.8 Å². The van der Waals surface area contributed by atoms with Gasteiger partial charge in [0.05, 0.1) is 42.2 Å². The molecule has 36 heavy (non-hydrogen) atoms. The van der Waals surface area contributed by atoms with Crippen LogP contribution in [0.5, 0.6) is 11.6 Å². The van der Waals surface area contributed by atoms with Crippen LogP contribution in [-0.2, 0) is 16.9 Å². The molecule has 2 aromatic carbocycles. The van der Waals surface area contributed by atoms with E-state index in [0.29, 0.717) is 29.1 Å². The van der Waals surface area contributed by atoms with E-state index in [0.717, 1.165) is 17.4 Å². The van der Waals surface area contributed by atoms with Crippen LogP contribution in [-0.4, -0.2) is 48.3 Å². The summed E-state index contributed by atoms with van der Waals surface area (Å²) in [6.45, 7) is 6.33. The molecule has 0 bridgehead atoms. The van der Waals surface area contributed by atoms with Gasteiger partial charge < -0.3 is 9.47 Å². The van der Waals surface area contributed by atoms with E-state index in [-0.39, 0.29) is 17.3 Å². The van der Waals surface area contributed by atoms with Crippen LogP contribution in [0.25, 0.3) is 22.2 Å². The monoisotopic (exact) mass is 509 g/mol. The predicted molar refractivity (Wildman–Crippen MR) is 142 cm³/mol. The molecule has 4 rings (SSSR count). The molecule has 190 valence electrons. The highest BCUT2D eigenvalue weighted by Gasteiger charge is 2.27. The van der Waals surface area contributed by atoms with Gasteiger partial charge in [-0.1, -0.05) is 24.3 Å². The lowest BCUT2D eigenvalue weighted by Gasteiger charge is -2.19. The van der Waals surface area contributed by atoms with E-state index in [1.165, 1.54) is 22.8 Å². The Hall–Kier alpha value is -3.59. The van der Waals surface area contributed by atoms with E-state index >= 15 is 0 Å². The average Bonchev–Trinajstić information content (AvgIpc) is 3.08. The Balaban J connectivity index is 1.94. The molecule has 9 heteroatoms. The molecule has 0 fully saturated rings. The molecule has 8 nitrogen and oxygen atoms in total. The Morgan fingerprint density at radius 1 is 1.06 bits per heavy atom. The number of rotatable bonds is 8. The number of nitrogens with zero attached hydrogens (tertiary/aromatic N) is 3. The molecule has 0 radical (unpaired) electrons. The second kappa shape index (κ2) is 9.81. The minimum absolute atomic E-state index is 0.251. The lowest BCUT2D eigenvalue weighted by molar-refractivity contribution is 0.296. The lowest BCUT2D eigenvalue weighted by atomic mass is 9.97. The van der Waals surface area contributed by atoms with Crippen molar-refractivity contribution >= 4 is 20.9 Å². The highest BCUT2D eigenvalue weighted by atomic mass is 32.2. The molecule has 1 atom stereocenters. The molecule has 2 heterocycles. The average molecular weight is 510 g/mol. The van der Waals surface area contributed by atoms with Gasteiger partial charge in [-0.05, 0) is 67.3 Å². The minimum Gasteiger partial charge on any atom is -0.491 e. The molecule has 0 unspecified atom stereocenters. The third-order valence-electron chi connectivity index (χ3n) is 6.47. The van der Waals surface area contributed by atoms with Gasteiger partial charge in [-0.15, -0.1) is 0 Å². The fraction of sp³-hybridized carbons (Fsp3) is 0.333. The standard InChI is InChI=1S/C27H31N3O5S/c1-7-35-26-25(34-5)14-12-21(28-26)24(16-36(6,32)33)30-22-13-11-19(15-23(22)29(4)27(30)31)20-10-8-9-17(2)18(20)3/h8-15,24H,7,16H2,1-6H3/t24-/m1/s1. The summed E-state index contributed by atoms with van der Waals surface area (Å²) in [5, 5.41) is 0. The first-order chi connectivity index (χ1) is 17.1. The van der Waals surface area contributed by atoms with Crippen molar-refractivity contribution in [1.82, 2.24) is 14.1 Å². The smallest absolute Gasteiger partial charge is 0.329 e. The van der Waals surface area contributed by atoms with Crippen LogP contribution in [0, 0.1) is 13.8 Å². The van der Waals surface area contributed by atoms with Crippen LogP contribution in [0.2, 0.25) is 0 Å². The summed E-state index contributed by atoms with van der Waals surface area (Å²) in [5.41, 5.74) is 5.83. The molecule has 0 saturated carbocycles. The Morgan fingerprint density at radius 2 is 1.81 bits per heavy atom. The number of hydrogen-bond donors (Lipinski definition) is 0. The van der Waals surface area contributed by atoms with Gasteiger partial charge in [0.25, 0.3) is 5.88 Å². The van der Waals surface area contributed by atoms with Crippen LogP contribution in [0.4, 0.5) is 0 Å². The predicted octanol–water partition coefficient (Wildman–Crippen LogP) is 4.06. The number of benzene rings is 2. The number of imidazole rings is 1. The number of aryl methyl sites for hydroxylation is 2. The zero-order valence-corrected chi connectivity index (χ0v) is 22.2. The summed E-state index contributed by atoms with van der Waals surface area (Å²) in [7, 11) is -0.276. The Bertz CT molecular complexity index is 1600. The maximum atomic E-state index is 13.5. The number of ether oxygens (including phenoxy) is 2. The van der Waals surface area contributed by atoms with Gasteiger partial charge in [0.1, 0.15) is 9.84 Å². The maximum absolute atomic E-state index is 13.5. The van der Waals surface area contributed by atoms with Crippen molar-refractivity contribution in [1.29, 1.82) is 0 Å². The second-order valence-electron chi connectivity index (χ2n) is 8.95. The zero-order valence-electron chi connectivity index (χ0n) is 21.4. The second-order valence-corrected chi connectivity index (χ2v) is 11.1. The van der Waals surface area contributed by atoms with Crippen molar-refractivity contribution in [2.24, 2.45) is 7.05 Å². The fourth-order valence-corrected chi connectivity index (χ4v) is 5.39. The number of methoxy groups -OCH3 is 1. The molecule has 0 aliphatic heterocycles. The van der Waals surface area contributed by atoms with E-state index in [9.17, 15) is 13.2 Å². The molecule has 0 spiro atoms. The molecule has 0 aliphatic carbocycles. The van der Waals surface area contributed by atoms with Crippen molar-refractivity contribution in [2.45, 2.75) is 26.8 Å². The zero-order chi connectivity index (χ0) is 26.2. The molecule has 0 amide bonds. The molecule has 2 aromatic heterocycles. The maximum Gasteiger partial charge on any atom is 0.329 e. The van der Waals surface area contributed by atoms with Crippen LogP contribution in [0.3, 0.4) is 0 Å². The van der Waals surface area contributed by atoms with Gasteiger partial charge in [-0.2, -0.15) is 0 Å². The SMILES string of the molecule is CCOc1nc([C@@H](CS(C)(=O)=O)n2c(=O)n(C)c3cc(-c4cccc(C)c4C)ccc32)ccc1OC. The van der Waals surface area contributed by atoms with Gasteiger partial charge in [-0.25, -0.2) is 18.2 Å². The summed E-state index contributed by atoms with van der Waals surface area (Å²) in [6, 6.07) is 14.4. The molecule has 0 saturated heterocycles. The van der Waals surface area contributed by atoms with E-state index < -0.39 is 15.9 Å². The van der Waals surface area contributed by atoms with Crippen molar-refractivity contribution in [2.75, 3.05) is 25.7 Å². The largest absolute Gasteiger partial charge is 0.491 e. The van der Waals surface area contributed by atoms with Gasteiger partial charge in [0.2, 0.25) is 0 Å². The van der Waals surface area contributed by atoms with E-state index in [1.54, 1.807) is 23.7 Å². The van der Waals surface area contributed by atoms with E-state index in [2.05, 4.69) is 31.0 Å². The van der Waals surface area contributed by atoms with E-state index in [4.69, 9.17) is 9.47 Å². The minimum atomic E-state index is -3.48. The fourth-order valence-electron chi connectivity index (χ4n) is 4.50. The molecular formula is C27H31N3O5S. The first-order valence-electron chi connectivity index (χ1n) is 11.7. The summed E-state index contributed by atoms with van der Waals surface area (Å²) in [5.74, 6) is 0.388. The Kier molecular flexibility index (Phi) is 6.95. The quantitative estimate of drug-likeness (QED) is 0.356. The number of sulfone groups is 1. The normalized spacial score (nSPS) is 12.6. The Labute approximate surface area is 211 Å². The van der Waals surface area contributed by atoms with Crippen LogP contribution < -0.4 is 15.2 Å². The highest BCUT2D eigenvalue weighted by Crippen LogP contribution is 2.32. The summed E-state index contributed by atoms with van der Waals surface area (Å²) < 4.78 is 39.0. The third-order valence-corrected chi connectivity index (χ3v) is 7.39. The van der Waals surface area contributed by atoms with E-state index in [1.807, 2.05) is 31.2 Å². The van der Waals surface area contributed by atoms with Crippen molar-refractivity contribution < 1.29 is 17.9 Å². The molecule has 4 aromatic rings. The summed E-state index contributed by atoms with van der Waals surface area (Å²) in [6.07, 6.45) is 1.15. The number of fused-ring (bicyclic) bond motifs is 1. The van der Waals surface area contributed by atoms with Crippen LogP contribution in [0.15, 0.2) is 53.3 Å². The summed E-state index contributed by atoms with van der Waals surface area (Å²) >= 11 is 0. The highest BCUT2D eigenvalue weighted by molar-refractivity contribution is 7.90. The number of hydrogen-bond acceptors (Lipinski definition) is 6. The van der Waals surface area contributed by atoms with Gasteiger partial charge in [0, 0.05) is 13.3 Å². The Morgan fingerprint density at radius 3 is 2.47 bits per heavy atom.